The lowest BCUT2D eigenvalue weighted by molar-refractivity contribution is -0.870. The molecule has 1 N–H and O–H groups in total. The van der Waals surface area contributed by atoms with Crippen molar-refractivity contribution in [3.63, 3.8) is 0 Å². The summed E-state index contributed by atoms with van der Waals surface area (Å²) in [6.45, 7) is 1.18. The molecule has 2 nitrogen and oxygen atoms in total. The lowest BCUT2D eigenvalue weighted by atomic mass is 10.2. The molecule has 2 unspecified atom stereocenters. The lowest BCUT2D eigenvalue weighted by Gasteiger charge is -2.23. The molecule has 0 aliphatic heterocycles. The molecule has 0 bridgehead atoms. The summed E-state index contributed by atoms with van der Waals surface area (Å²) < 4.78 is 1.02. The molecule has 1 aliphatic carbocycles. The monoisotopic (exact) mass is 144 g/mol. The Kier molecular flexibility index (Phi) is 2.02. The third kappa shape index (κ3) is 2.67. The van der Waals surface area contributed by atoms with Gasteiger partial charge in [-0.25, -0.2) is 0 Å². The van der Waals surface area contributed by atoms with Crippen molar-refractivity contribution in [2.75, 3.05) is 27.7 Å². The van der Waals surface area contributed by atoms with Crippen LogP contribution in [0.3, 0.4) is 0 Å². The van der Waals surface area contributed by atoms with Crippen LogP contribution < -0.4 is 0 Å². The second-order valence-corrected chi connectivity index (χ2v) is 4.37. The molecule has 1 fully saturated rings. The third-order valence-electron chi connectivity index (χ3n) is 2.06. The summed E-state index contributed by atoms with van der Waals surface area (Å²) in [7, 11) is 6.57. The Bertz CT molecular complexity index is 117. The first kappa shape index (κ1) is 8.02. The van der Waals surface area contributed by atoms with Gasteiger partial charge in [0.15, 0.2) is 0 Å². The van der Waals surface area contributed by atoms with E-state index in [9.17, 15) is 0 Å². The average molecular weight is 144 g/mol. The standard InChI is InChI=1S/C8H18NO/c1-9(2,3)5-4-7-6-8(7)10/h7-8,10H,4-6H2,1-3H3/q+1. The number of nitrogens with zero attached hydrogens (tertiary/aromatic N) is 1. The van der Waals surface area contributed by atoms with E-state index in [4.69, 9.17) is 5.11 Å². The van der Waals surface area contributed by atoms with Crippen molar-refractivity contribution in [1.29, 1.82) is 0 Å². The highest BCUT2D eigenvalue weighted by Gasteiger charge is 2.35. The Labute approximate surface area is 63.1 Å². The maximum Gasteiger partial charge on any atom is 0.0784 e. The molecule has 2 atom stereocenters. The number of hydrogen-bond acceptors (Lipinski definition) is 1. The van der Waals surface area contributed by atoms with E-state index in [1.807, 2.05) is 0 Å². The number of hydrogen-bond donors (Lipinski definition) is 1. The van der Waals surface area contributed by atoms with Crippen molar-refractivity contribution < 1.29 is 9.59 Å². The molecular weight excluding hydrogens is 126 g/mol. The number of aliphatic hydroxyl groups is 1. The van der Waals surface area contributed by atoms with Gasteiger partial charge in [-0.1, -0.05) is 0 Å². The van der Waals surface area contributed by atoms with Gasteiger partial charge in [0, 0.05) is 6.42 Å². The van der Waals surface area contributed by atoms with Crippen LogP contribution in [-0.4, -0.2) is 43.4 Å². The predicted molar refractivity (Wildman–Crippen MR) is 41.6 cm³/mol. The Hall–Kier alpha value is -0.0800. The molecule has 1 aliphatic rings. The van der Waals surface area contributed by atoms with Gasteiger partial charge in [0.1, 0.15) is 0 Å². The topological polar surface area (TPSA) is 20.2 Å². The summed E-state index contributed by atoms with van der Waals surface area (Å²) in [5.41, 5.74) is 0. The molecular formula is C8H18NO+. The minimum absolute atomic E-state index is 0.0338. The number of aliphatic hydroxyl groups excluding tert-OH is 1. The van der Waals surface area contributed by atoms with Crippen LogP contribution in [0, 0.1) is 5.92 Å². The Morgan fingerprint density at radius 1 is 1.40 bits per heavy atom. The largest absolute Gasteiger partial charge is 0.393 e. The Morgan fingerprint density at radius 3 is 2.20 bits per heavy atom. The van der Waals surface area contributed by atoms with Crippen LogP contribution in [0.15, 0.2) is 0 Å². The van der Waals surface area contributed by atoms with Crippen molar-refractivity contribution >= 4 is 0 Å². The zero-order chi connectivity index (χ0) is 7.78. The van der Waals surface area contributed by atoms with Crippen LogP contribution in [-0.2, 0) is 0 Å². The van der Waals surface area contributed by atoms with Gasteiger partial charge in [-0.15, -0.1) is 0 Å². The van der Waals surface area contributed by atoms with Gasteiger partial charge in [-0.2, -0.15) is 0 Å². The summed E-state index contributed by atoms with van der Waals surface area (Å²) in [5.74, 6) is 0.623. The van der Waals surface area contributed by atoms with Crippen molar-refractivity contribution in [1.82, 2.24) is 0 Å². The van der Waals surface area contributed by atoms with Gasteiger partial charge in [0.25, 0.3) is 0 Å². The van der Waals surface area contributed by atoms with Crippen molar-refractivity contribution in [3.05, 3.63) is 0 Å². The van der Waals surface area contributed by atoms with E-state index in [0.717, 1.165) is 10.9 Å². The van der Waals surface area contributed by atoms with Crippen LogP contribution in [0.5, 0.6) is 0 Å². The molecule has 0 saturated heterocycles. The molecule has 0 amide bonds. The second kappa shape index (κ2) is 2.51. The first-order valence-electron chi connectivity index (χ1n) is 3.97. The smallest absolute Gasteiger partial charge is 0.0784 e. The highest BCUT2D eigenvalue weighted by molar-refractivity contribution is 4.85. The van der Waals surface area contributed by atoms with E-state index in [-0.39, 0.29) is 6.10 Å². The van der Waals surface area contributed by atoms with Crippen LogP contribution >= 0.6 is 0 Å². The molecule has 60 valence electrons. The zero-order valence-corrected chi connectivity index (χ0v) is 7.17. The summed E-state index contributed by atoms with van der Waals surface area (Å²) in [6.07, 6.45) is 2.26. The first-order chi connectivity index (χ1) is 4.49. The van der Waals surface area contributed by atoms with E-state index in [1.54, 1.807) is 0 Å². The predicted octanol–water partition coefficient (Wildman–Crippen LogP) is 0.464. The molecule has 0 aromatic carbocycles. The molecule has 0 radical (unpaired) electrons. The van der Waals surface area contributed by atoms with Crippen LogP contribution in [0.2, 0.25) is 0 Å². The normalized spacial score (nSPS) is 32.4. The highest BCUT2D eigenvalue weighted by Crippen LogP contribution is 2.33. The van der Waals surface area contributed by atoms with E-state index in [1.165, 1.54) is 13.0 Å². The fourth-order valence-corrected chi connectivity index (χ4v) is 1.09. The minimum atomic E-state index is 0.0338. The van der Waals surface area contributed by atoms with Gasteiger partial charge in [0.2, 0.25) is 0 Å². The van der Waals surface area contributed by atoms with E-state index < -0.39 is 0 Å². The number of rotatable bonds is 3. The van der Waals surface area contributed by atoms with Gasteiger partial charge in [-0.3, -0.25) is 0 Å². The Morgan fingerprint density at radius 2 is 1.90 bits per heavy atom. The SMILES string of the molecule is C[N+](C)(C)CCC1CC1O. The van der Waals surface area contributed by atoms with Gasteiger partial charge < -0.3 is 9.59 Å². The summed E-state index contributed by atoms with van der Waals surface area (Å²) in [6, 6.07) is 0. The molecule has 1 saturated carbocycles. The quantitative estimate of drug-likeness (QED) is 0.571. The molecule has 0 aromatic heterocycles. The average Bonchev–Trinajstić information content (AvgIpc) is 2.40. The fourth-order valence-electron chi connectivity index (χ4n) is 1.09. The molecule has 10 heavy (non-hydrogen) atoms. The minimum Gasteiger partial charge on any atom is -0.393 e. The van der Waals surface area contributed by atoms with Gasteiger partial charge in [0.05, 0.1) is 33.8 Å². The third-order valence-corrected chi connectivity index (χ3v) is 2.06. The highest BCUT2D eigenvalue weighted by atomic mass is 16.3. The van der Waals surface area contributed by atoms with Crippen molar-refractivity contribution in [2.45, 2.75) is 18.9 Å². The van der Waals surface area contributed by atoms with E-state index >= 15 is 0 Å². The molecule has 0 aromatic rings. The fraction of sp³-hybridized carbons (Fsp3) is 1.00. The van der Waals surface area contributed by atoms with Crippen LogP contribution in [0.1, 0.15) is 12.8 Å². The second-order valence-electron chi connectivity index (χ2n) is 4.37. The summed E-state index contributed by atoms with van der Waals surface area (Å²) >= 11 is 0. The van der Waals surface area contributed by atoms with Crippen LogP contribution in [0.25, 0.3) is 0 Å². The van der Waals surface area contributed by atoms with Crippen LogP contribution in [0.4, 0.5) is 0 Å². The van der Waals surface area contributed by atoms with Gasteiger partial charge in [-0.05, 0) is 12.3 Å². The van der Waals surface area contributed by atoms with Gasteiger partial charge >= 0.3 is 0 Å². The van der Waals surface area contributed by atoms with E-state index in [0.29, 0.717) is 5.92 Å². The summed E-state index contributed by atoms with van der Waals surface area (Å²) in [5, 5.41) is 9.02. The molecule has 0 spiro atoms. The molecule has 2 heteroatoms. The zero-order valence-electron chi connectivity index (χ0n) is 7.17. The van der Waals surface area contributed by atoms with Crippen molar-refractivity contribution in [3.8, 4) is 0 Å². The number of quaternary nitrogens is 1. The van der Waals surface area contributed by atoms with E-state index in [2.05, 4.69) is 21.1 Å². The molecule has 0 heterocycles. The maximum atomic E-state index is 9.02. The Balaban J connectivity index is 2.06. The first-order valence-corrected chi connectivity index (χ1v) is 3.97. The molecule has 1 rings (SSSR count). The maximum absolute atomic E-state index is 9.02. The lowest BCUT2D eigenvalue weighted by Crippen LogP contribution is -2.35. The summed E-state index contributed by atoms with van der Waals surface area (Å²) in [4.78, 5) is 0. The van der Waals surface area contributed by atoms with Crippen molar-refractivity contribution in [2.24, 2.45) is 5.92 Å².